The molecule has 152 valence electrons. The quantitative estimate of drug-likeness (QED) is 0.629. The molecule has 1 aromatic carbocycles. The van der Waals surface area contributed by atoms with E-state index in [0.717, 1.165) is 55.3 Å². The second-order valence-corrected chi connectivity index (χ2v) is 8.18. The minimum absolute atomic E-state index is 0.474. The fourth-order valence-electron chi connectivity index (χ4n) is 3.63. The zero-order valence-corrected chi connectivity index (χ0v) is 17.6. The fourth-order valence-corrected chi connectivity index (χ4v) is 3.87. The molecule has 4 rings (SSSR count). The second kappa shape index (κ2) is 8.33. The number of hydrogen-bond acceptors (Lipinski definition) is 6. The maximum atomic E-state index is 6.27. The standard InChI is InChI=1S/C22H26ClN5O/c1-15(2)13-17-6-7-20-19(14-17)26-22(29-20)25-16(3)27-9-11-28(12-10-27)21-18(23)5-4-8-24-21/h4-8,14-15H,3,9-13H2,1-2H3,(H,25,26). The highest BCUT2D eigenvalue weighted by atomic mass is 35.5. The molecule has 3 heterocycles. The molecule has 3 aromatic rings. The van der Waals surface area contributed by atoms with E-state index in [4.69, 9.17) is 16.0 Å². The van der Waals surface area contributed by atoms with Crippen molar-refractivity contribution >= 4 is 34.5 Å². The molecule has 2 aromatic heterocycles. The van der Waals surface area contributed by atoms with Gasteiger partial charge in [0.05, 0.1) is 5.02 Å². The number of aromatic nitrogens is 2. The smallest absolute Gasteiger partial charge is 0.301 e. The Hall–Kier alpha value is -2.73. The van der Waals surface area contributed by atoms with Crippen molar-refractivity contribution in [1.82, 2.24) is 14.9 Å². The molecule has 1 fully saturated rings. The Labute approximate surface area is 176 Å². The van der Waals surface area contributed by atoms with Gasteiger partial charge in [0.2, 0.25) is 0 Å². The first-order chi connectivity index (χ1) is 14.0. The zero-order chi connectivity index (χ0) is 20.4. The number of halogens is 1. The molecule has 29 heavy (non-hydrogen) atoms. The van der Waals surface area contributed by atoms with E-state index in [2.05, 4.69) is 57.6 Å². The number of pyridine rings is 1. The number of anilines is 2. The van der Waals surface area contributed by atoms with Crippen molar-refractivity contribution in [3.05, 3.63) is 59.5 Å². The maximum absolute atomic E-state index is 6.27. The second-order valence-electron chi connectivity index (χ2n) is 7.77. The molecule has 0 atom stereocenters. The summed E-state index contributed by atoms with van der Waals surface area (Å²) in [7, 11) is 0. The summed E-state index contributed by atoms with van der Waals surface area (Å²) in [5, 5.41) is 3.90. The van der Waals surface area contributed by atoms with Gasteiger partial charge >= 0.3 is 6.01 Å². The number of piperazine rings is 1. The Bertz CT molecular complexity index is 1010. The molecule has 0 saturated carbocycles. The van der Waals surface area contributed by atoms with Crippen molar-refractivity contribution in [1.29, 1.82) is 0 Å². The van der Waals surface area contributed by atoms with Crippen LogP contribution in [0.25, 0.3) is 11.1 Å². The predicted molar refractivity (Wildman–Crippen MR) is 118 cm³/mol. The zero-order valence-electron chi connectivity index (χ0n) is 16.9. The van der Waals surface area contributed by atoms with Gasteiger partial charge in [-0.3, -0.25) is 5.32 Å². The maximum Gasteiger partial charge on any atom is 0.301 e. The average molecular weight is 412 g/mol. The summed E-state index contributed by atoms with van der Waals surface area (Å²) in [6, 6.07) is 10.4. The van der Waals surface area contributed by atoms with Gasteiger partial charge in [-0.25, -0.2) is 4.98 Å². The molecule has 1 aliphatic heterocycles. The van der Waals surface area contributed by atoms with Crippen LogP contribution in [-0.2, 0) is 6.42 Å². The first-order valence-corrected chi connectivity index (χ1v) is 10.3. The molecular formula is C22H26ClN5O. The molecular weight excluding hydrogens is 386 g/mol. The molecule has 6 nitrogen and oxygen atoms in total. The van der Waals surface area contributed by atoms with Gasteiger partial charge in [0.25, 0.3) is 0 Å². The van der Waals surface area contributed by atoms with Crippen LogP contribution in [0.2, 0.25) is 5.02 Å². The van der Waals surface area contributed by atoms with Crippen molar-refractivity contribution < 1.29 is 4.42 Å². The lowest BCUT2D eigenvalue weighted by Gasteiger charge is -2.37. The molecule has 0 radical (unpaired) electrons. The van der Waals surface area contributed by atoms with E-state index in [-0.39, 0.29) is 0 Å². The van der Waals surface area contributed by atoms with E-state index in [0.29, 0.717) is 17.0 Å². The molecule has 1 saturated heterocycles. The van der Waals surface area contributed by atoms with Gasteiger partial charge in [-0.1, -0.05) is 38.1 Å². The Morgan fingerprint density at radius 2 is 2.03 bits per heavy atom. The molecule has 7 heteroatoms. The van der Waals surface area contributed by atoms with Crippen LogP contribution in [0.15, 0.2) is 53.3 Å². The van der Waals surface area contributed by atoms with Crippen LogP contribution in [0.4, 0.5) is 11.8 Å². The van der Waals surface area contributed by atoms with Crippen LogP contribution < -0.4 is 10.2 Å². The SMILES string of the molecule is C=C(Nc1nc2cc(CC(C)C)ccc2o1)N1CCN(c2ncccc2Cl)CC1. The summed E-state index contributed by atoms with van der Waals surface area (Å²) in [5.41, 5.74) is 2.92. The van der Waals surface area contributed by atoms with E-state index in [1.807, 2.05) is 18.2 Å². The number of rotatable bonds is 6. The summed E-state index contributed by atoms with van der Waals surface area (Å²) in [5.74, 6) is 2.23. The number of nitrogens with zero attached hydrogens (tertiary/aromatic N) is 4. The van der Waals surface area contributed by atoms with Gasteiger partial charge in [-0.2, -0.15) is 4.98 Å². The summed E-state index contributed by atoms with van der Waals surface area (Å²) in [6.45, 7) is 11.9. The monoisotopic (exact) mass is 411 g/mol. The van der Waals surface area contributed by atoms with Crippen molar-refractivity contribution in [2.24, 2.45) is 5.92 Å². The lowest BCUT2D eigenvalue weighted by atomic mass is 10.0. The molecule has 0 amide bonds. The molecule has 0 spiro atoms. The average Bonchev–Trinajstić information content (AvgIpc) is 3.09. The van der Waals surface area contributed by atoms with Crippen molar-refractivity contribution in [3.8, 4) is 0 Å². The number of benzene rings is 1. The molecule has 1 N–H and O–H groups in total. The predicted octanol–water partition coefficient (Wildman–Crippen LogP) is 4.78. The van der Waals surface area contributed by atoms with Gasteiger partial charge < -0.3 is 14.2 Å². The normalized spacial score (nSPS) is 14.6. The van der Waals surface area contributed by atoms with Gasteiger partial charge in [0.15, 0.2) is 5.58 Å². The topological polar surface area (TPSA) is 57.4 Å². The Morgan fingerprint density at radius 1 is 1.24 bits per heavy atom. The van der Waals surface area contributed by atoms with Gasteiger partial charge in [-0.15, -0.1) is 0 Å². The van der Waals surface area contributed by atoms with Crippen LogP contribution in [0.1, 0.15) is 19.4 Å². The van der Waals surface area contributed by atoms with Crippen molar-refractivity contribution in [3.63, 3.8) is 0 Å². The molecule has 0 aliphatic carbocycles. The molecule has 0 bridgehead atoms. The highest BCUT2D eigenvalue weighted by Gasteiger charge is 2.21. The minimum atomic E-state index is 0.474. The summed E-state index contributed by atoms with van der Waals surface area (Å²) >= 11 is 6.27. The largest absolute Gasteiger partial charge is 0.423 e. The Balaban J connectivity index is 1.38. The molecule has 1 aliphatic rings. The summed E-state index contributed by atoms with van der Waals surface area (Å²) in [4.78, 5) is 13.4. The van der Waals surface area contributed by atoms with Crippen molar-refractivity contribution in [2.75, 3.05) is 36.4 Å². The molecule has 0 unspecified atom stereocenters. The lowest BCUT2D eigenvalue weighted by molar-refractivity contribution is 0.323. The van der Waals surface area contributed by atoms with Gasteiger partial charge in [-0.05, 0) is 42.2 Å². The van der Waals surface area contributed by atoms with E-state index in [9.17, 15) is 0 Å². The number of hydrogen-bond donors (Lipinski definition) is 1. The first kappa shape index (κ1) is 19.6. The van der Waals surface area contributed by atoms with E-state index >= 15 is 0 Å². The van der Waals surface area contributed by atoms with E-state index < -0.39 is 0 Å². The van der Waals surface area contributed by atoms with Crippen LogP contribution in [0.3, 0.4) is 0 Å². The van der Waals surface area contributed by atoms with Gasteiger partial charge in [0.1, 0.15) is 17.2 Å². The van der Waals surface area contributed by atoms with Crippen LogP contribution in [-0.4, -0.2) is 41.0 Å². The van der Waals surface area contributed by atoms with Crippen LogP contribution >= 0.6 is 11.6 Å². The summed E-state index contributed by atoms with van der Waals surface area (Å²) < 4.78 is 5.85. The fraction of sp³-hybridized carbons (Fsp3) is 0.364. The van der Waals surface area contributed by atoms with Crippen molar-refractivity contribution in [2.45, 2.75) is 20.3 Å². The van der Waals surface area contributed by atoms with E-state index in [1.165, 1.54) is 5.56 Å². The third kappa shape index (κ3) is 4.48. The number of oxazole rings is 1. The number of nitrogens with one attached hydrogen (secondary N) is 1. The Kier molecular flexibility index (Phi) is 5.62. The Morgan fingerprint density at radius 3 is 2.76 bits per heavy atom. The minimum Gasteiger partial charge on any atom is -0.423 e. The van der Waals surface area contributed by atoms with Gasteiger partial charge in [0, 0.05) is 32.4 Å². The van der Waals surface area contributed by atoms with Crippen LogP contribution in [0.5, 0.6) is 0 Å². The third-order valence-corrected chi connectivity index (χ3v) is 5.34. The lowest BCUT2D eigenvalue weighted by Crippen LogP contribution is -2.47. The van der Waals surface area contributed by atoms with E-state index in [1.54, 1.807) is 6.20 Å². The third-order valence-electron chi connectivity index (χ3n) is 5.05. The van der Waals surface area contributed by atoms with Crippen LogP contribution in [0, 0.1) is 5.92 Å². The highest BCUT2D eigenvalue weighted by molar-refractivity contribution is 6.32. The first-order valence-electron chi connectivity index (χ1n) is 9.95. The highest BCUT2D eigenvalue weighted by Crippen LogP contribution is 2.25. The summed E-state index contributed by atoms with van der Waals surface area (Å²) in [6.07, 6.45) is 2.80. The number of fused-ring (bicyclic) bond motifs is 1.